The Hall–Kier alpha value is -2.61. The Balaban J connectivity index is 1.87. The van der Waals surface area contributed by atoms with Crippen molar-refractivity contribution in [1.82, 2.24) is 10.2 Å². The number of carbonyl (C=O) groups is 4. The summed E-state index contributed by atoms with van der Waals surface area (Å²) >= 11 is 5.92. The van der Waals surface area contributed by atoms with Crippen molar-refractivity contribution in [3.8, 4) is 0 Å². The minimum atomic E-state index is -0.987. The van der Waals surface area contributed by atoms with Gasteiger partial charge >= 0.3 is 12.0 Å². The summed E-state index contributed by atoms with van der Waals surface area (Å²) in [4.78, 5) is 48.9. The first-order chi connectivity index (χ1) is 12.3. The lowest BCUT2D eigenvalue weighted by Crippen LogP contribution is -2.46. The van der Waals surface area contributed by atoms with E-state index in [4.69, 9.17) is 16.3 Å². The fourth-order valence-electron chi connectivity index (χ4n) is 2.62. The van der Waals surface area contributed by atoms with Gasteiger partial charge < -0.3 is 15.4 Å². The molecule has 8 nitrogen and oxygen atoms in total. The molecule has 0 unspecified atom stereocenters. The fraction of sp³-hybridized carbons (Fsp3) is 0.412. The van der Waals surface area contributed by atoms with E-state index >= 15 is 0 Å². The minimum absolute atomic E-state index is 0.349. The number of halogens is 1. The topological polar surface area (TPSA) is 105 Å². The maximum atomic E-state index is 12.4. The molecular formula is C17H20ClN3O5. The van der Waals surface area contributed by atoms with Gasteiger partial charge in [-0.2, -0.15) is 0 Å². The second-order valence-electron chi connectivity index (χ2n) is 5.80. The zero-order valence-corrected chi connectivity index (χ0v) is 15.3. The van der Waals surface area contributed by atoms with Gasteiger partial charge in [-0.05, 0) is 25.0 Å². The highest BCUT2D eigenvalue weighted by molar-refractivity contribution is 6.33. The Morgan fingerprint density at radius 1 is 1.23 bits per heavy atom. The molecule has 2 rings (SSSR count). The molecule has 26 heavy (non-hydrogen) atoms. The molecule has 1 fully saturated rings. The highest BCUT2D eigenvalue weighted by Gasteiger charge is 2.49. The van der Waals surface area contributed by atoms with Gasteiger partial charge in [0, 0.05) is 0 Å². The summed E-state index contributed by atoms with van der Waals surface area (Å²) in [6.07, 6.45) is 0.833. The van der Waals surface area contributed by atoms with E-state index in [9.17, 15) is 19.2 Å². The average Bonchev–Trinajstić information content (AvgIpc) is 2.86. The molecule has 0 aliphatic carbocycles. The molecular weight excluding hydrogens is 362 g/mol. The lowest BCUT2D eigenvalue weighted by molar-refractivity contribution is -0.150. The number of amides is 4. The first-order valence-corrected chi connectivity index (χ1v) is 8.55. The van der Waals surface area contributed by atoms with Crippen molar-refractivity contribution in [2.45, 2.75) is 32.2 Å². The van der Waals surface area contributed by atoms with Crippen LogP contribution >= 0.6 is 11.6 Å². The third-order valence-corrected chi connectivity index (χ3v) is 4.58. The second-order valence-corrected chi connectivity index (χ2v) is 6.21. The summed E-state index contributed by atoms with van der Waals surface area (Å²) in [5.74, 6) is -1.91. The number of anilines is 1. The zero-order valence-electron chi connectivity index (χ0n) is 14.5. The van der Waals surface area contributed by atoms with Crippen molar-refractivity contribution in [3.05, 3.63) is 29.3 Å². The highest BCUT2D eigenvalue weighted by Crippen LogP contribution is 2.24. The van der Waals surface area contributed by atoms with E-state index in [1.54, 1.807) is 38.1 Å². The van der Waals surface area contributed by atoms with Gasteiger partial charge in [-0.15, -0.1) is 0 Å². The Bertz CT molecular complexity index is 733. The van der Waals surface area contributed by atoms with Gasteiger partial charge in [0.25, 0.3) is 11.8 Å². The number of nitrogens with zero attached hydrogens (tertiary/aromatic N) is 1. The zero-order chi connectivity index (χ0) is 19.3. The molecule has 1 saturated heterocycles. The SMILES string of the molecule is CCC1(CC)NC(=O)N(CC(=O)OCC(=O)Nc2ccccc2Cl)C1=O. The van der Waals surface area contributed by atoms with Crippen LogP contribution in [0.15, 0.2) is 24.3 Å². The minimum Gasteiger partial charge on any atom is -0.454 e. The van der Waals surface area contributed by atoms with Crippen LogP contribution < -0.4 is 10.6 Å². The van der Waals surface area contributed by atoms with Crippen LogP contribution in [-0.4, -0.2) is 47.4 Å². The van der Waals surface area contributed by atoms with E-state index in [0.29, 0.717) is 23.6 Å². The number of benzene rings is 1. The number of ether oxygens (including phenoxy) is 1. The normalized spacial score (nSPS) is 15.6. The van der Waals surface area contributed by atoms with Crippen molar-refractivity contribution in [2.24, 2.45) is 0 Å². The van der Waals surface area contributed by atoms with E-state index in [0.717, 1.165) is 4.90 Å². The summed E-state index contributed by atoms with van der Waals surface area (Å²) in [6, 6.07) is 5.97. The van der Waals surface area contributed by atoms with E-state index in [2.05, 4.69) is 10.6 Å². The number of nitrogens with one attached hydrogen (secondary N) is 2. The van der Waals surface area contributed by atoms with Crippen LogP contribution in [0.3, 0.4) is 0 Å². The van der Waals surface area contributed by atoms with Crippen LogP contribution in [-0.2, 0) is 19.1 Å². The van der Waals surface area contributed by atoms with Gasteiger partial charge in [0.1, 0.15) is 12.1 Å². The highest BCUT2D eigenvalue weighted by atomic mass is 35.5. The Morgan fingerprint density at radius 3 is 2.46 bits per heavy atom. The fourth-order valence-corrected chi connectivity index (χ4v) is 2.80. The molecule has 1 heterocycles. The predicted octanol–water partition coefficient (Wildman–Crippen LogP) is 1.93. The van der Waals surface area contributed by atoms with E-state index in [1.165, 1.54) is 0 Å². The molecule has 1 aromatic carbocycles. The quantitative estimate of drug-likeness (QED) is 0.554. The number of carbonyl (C=O) groups excluding carboxylic acids is 4. The predicted molar refractivity (Wildman–Crippen MR) is 94.6 cm³/mol. The largest absolute Gasteiger partial charge is 0.454 e. The molecule has 0 atom stereocenters. The molecule has 0 spiro atoms. The second kappa shape index (κ2) is 8.18. The number of hydrogen-bond donors (Lipinski definition) is 2. The van der Waals surface area contributed by atoms with Crippen LogP contribution in [0.25, 0.3) is 0 Å². The van der Waals surface area contributed by atoms with Crippen LogP contribution in [0, 0.1) is 0 Å². The van der Waals surface area contributed by atoms with E-state index in [1.807, 2.05) is 0 Å². The third kappa shape index (κ3) is 4.13. The van der Waals surface area contributed by atoms with Gasteiger partial charge in [-0.1, -0.05) is 37.6 Å². The van der Waals surface area contributed by atoms with Gasteiger partial charge in [0.2, 0.25) is 0 Å². The first-order valence-electron chi connectivity index (χ1n) is 8.17. The number of esters is 1. The maximum absolute atomic E-state index is 12.4. The average molecular weight is 382 g/mol. The van der Waals surface area contributed by atoms with Crippen molar-refractivity contribution in [2.75, 3.05) is 18.5 Å². The maximum Gasteiger partial charge on any atom is 0.326 e. The molecule has 0 radical (unpaired) electrons. The smallest absolute Gasteiger partial charge is 0.326 e. The molecule has 1 aliphatic rings. The molecule has 4 amide bonds. The summed E-state index contributed by atoms with van der Waals surface area (Å²) in [7, 11) is 0. The van der Waals surface area contributed by atoms with E-state index < -0.39 is 42.5 Å². The number of hydrogen-bond acceptors (Lipinski definition) is 5. The number of para-hydroxylation sites is 1. The van der Waals surface area contributed by atoms with Crippen molar-refractivity contribution >= 4 is 41.1 Å². The lowest BCUT2D eigenvalue weighted by Gasteiger charge is -2.22. The Labute approximate surface area is 155 Å². The molecule has 1 aromatic rings. The van der Waals surface area contributed by atoms with Gasteiger partial charge in [-0.25, -0.2) is 4.79 Å². The summed E-state index contributed by atoms with van der Waals surface area (Å²) in [5, 5.41) is 5.46. The van der Waals surface area contributed by atoms with Gasteiger partial charge in [0.15, 0.2) is 6.61 Å². The molecule has 0 bridgehead atoms. The summed E-state index contributed by atoms with van der Waals surface area (Å²) in [6.45, 7) is 2.46. The Morgan fingerprint density at radius 2 is 1.88 bits per heavy atom. The summed E-state index contributed by atoms with van der Waals surface area (Å²) < 4.78 is 4.84. The van der Waals surface area contributed by atoms with Gasteiger partial charge in [0.05, 0.1) is 10.7 Å². The van der Waals surface area contributed by atoms with Crippen molar-refractivity contribution in [3.63, 3.8) is 0 Å². The molecule has 0 aromatic heterocycles. The van der Waals surface area contributed by atoms with Crippen molar-refractivity contribution < 1.29 is 23.9 Å². The Kier molecular flexibility index (Phi) is 6.20. The van der Waals surface area contributed by atoms with E-state index in [-0.39, 0.29) is 0 Å². The molecule has 2 N–H and O–H groups in total. The summed E-state index contributed by atoms with van der Waals surface area (Å²) in [5.41, 5.74) is -0.598. The first kappa shape index (κ1) is 19.7. The van der Waals surface area contributed by atoms with Crippen LogP contribution in [0.1, 0.15) is 26.7 Å². The number of urea groups is 1. The van der Waals surface area contributed by atoms with Crippen LogP contribution in [0.4, 0.5) is 10.5 Å². The van der Waals surface area contributed by atoms with Crippen LogP contribution in [0.2, 0.25) is 5.02 Å². The van der Waals surface area contributed by atoms with Crippen LogP contribution in [0.5, 0.6) is 0 Å². The third-order valence-electron chi connectivity index (χ3n) is 4.25. The molecule has 140 valence electrons. The monoisotopic (exact) mass is 381 g/mol. The number of imide groups is 1. The molecule has 0 saturated carbocycles. The van der Waals surface area contributed by atoms with Crippen molar-refractivity contribution in [1.29, 1.82) is 0 Å². The lowest BCUT2D eigenvalue weighted by atomic mass is 9.93. The standard InChI is InChI=1S/C17H20ClN3O5/c1-3-17(4-2)15(24)21(16(25)20-17)9-14(23)26-10-13(22)19-12-8-6-5-7-11(12)18/h5-8H,3-4,9-10H2,1-2H3,(H,19,22)(H,20,25). The van der Waals surface area contributed by atoms with Gasteiger partial charge in [-0.3, -0.25) is 19.3 Å². The molecule has 1 aliphatic heterocycles. The molecule has 9 heteroatoms. The number of rotatable bonds is 7.